The van der Waals surface area contributed by atoms with E-state index in [4.69, 9.17) is 0 Å². The second-order valence-corrected chi connectivity index (χ2v) is 5.94. The Kier molecular flexibility index (Phi) is 5.19. The van der Waals surface area contributed by atoms with E-state index in [1.165, 1.54) is 6.07 Å². The van der Waals surface area contributed by atoms with Gasteiger partial charge in [-0.1, -0.05) is 18.2 Å². The smallest absolute Gasteiger partial charge is 0.223 e. The highest BCUT2D eigenvalue weighted by Crippen LogP contribution is 2.30. The number of hydrogen-bond acceptors (Lipinski definition) is 6. The van der Waals surface area contributed by atoms with Gasteiger partial charge in [-0.2, -0.15) is 0 Å². The molecule has 3 N–H and O–H groups in total. The summed E-state index contributed by atoms with van der Waals surface area (Å²) in [5.41, 5.74) is 1.50. The quantitative estimate of drug-likeness (QED) is 0.428. The number of rotatable bonds is 7. The Morgan fingerprint density at radius 3 is 2.50 bits per heavy atom. The Morgan fingerprint density at radius 1 is 0.857 bits per heavy atom. The molecule has 4 rings (SSSR count). The number of aromatic nitrogens is 5. The van der Waals surface area contributed by atoms with Crippen molar-refractivity contribution in [2.24, 2.45) is 0 Å². The minimum atomic E-state index is -0.350. The van der Waals surface area contributed by atoms with E-state index in [1.807, 2.05) is 18.2 Å². The zero-order chi connectivity index (χ0) is 19.2. The minimum Gasteiger partial charge on any atom is -0.368 e. The van der Waals surface area contributed by atoms with Gasteiger partial charge in [0.1, 0.15) is 17.5 Å². The van der Waals surface area contributed by atoms with Gasteiger partial charge in [0.2, 0.25) is 5.95 Å². The van der Waals surface area contributed by atoms with Crippen LogP contribution in [-0.2, 0) is 0 Å². The van der Waals surface area contributed by atoms with Crippen LogP contribution < -0.4 is 10.6 Å². The lowest BCUT2D eigenvalue weighted by atomic mass is 10.1. The van der Waals surface area contributed by atoms with Gasteiger partial charge in [0.25, 0.3) is 0 Å². The molecule has 0 fully saturated rings. The van der Waals surface area contributed by atoms with Gasteiger partial charge in [0.15, 0.2) is 0 Å². The number of aromatic amines is 1. The predicted octanol–water partition coefficient (Wildman–Crippen LogP) is 3.59. The van der Waals surface area contributed by atoms with Crippen molar-refractivity contribution >= 4 is 11.8 Å². The van der Waals surface area contributed by atoms with Gasteiger partial charge in [0.05, 0.1) is 11.3 Å². The summed E-state index contributed by atoms with van der Waals surface area (Å²) in [4.78, 5) is 20.4. The van der Waals surface area contributed by atoms with E-state index < -0.39 is 0 Å². The lowest BCUT2D eigenvalue weighted by Crippen LogP contribution is -2.16. The third-order valence-corrected chi connectivity index (χ3v) is 4.05. The Morgan fingerprint density at radius 2 is 1.71 bits per heavy atom. The number of hydrogen-bond donors (Lipinski definition) is 3. The predicted molar refractivity (Wildman–Crippen MR) is 106 cm³/mol. The fraction of sp³-hybridized carbons (Fsp3) is 0.100. The molecular weight excluding hydrogens is 357 g/mol. The fourth-order valence-corrected chi connectivity index (χ4v) is 2.74. The first-order chi connectivity index (χ1) is 13.8. The number of benzene rings is 1. The monoisotopic (exact) mass is 375 g/mol. The number of anilines is 2. The molecule has 4 aromatic rings. The molecule has 3 heterocycles. The molecule has 0 unspecified atom stereocenters. The summed E-state index contributed by atoms with van der Waals surface area (Å²) in [5, 5.41) is 6.35. The topological polar surface area (TPSA) is 91.4 Å². The number of nitrogens with zero attached hydrogens (tertiary/aromatic N) is 4. The molecule has 0 aliphatic heterocycles. The zero-order valence-corrected chi connectivity index (χ0v) is 14.9. The van der Waals surface area contributed by atoms with Crippen LogP contribution in [0.5, 0.6) is 0 Å². The van der Waals surface area contributed by atoms with Crippen LogP contribution in [0.3, 0.4) is 0 Å². The van der Waals surface area contributed by atoms with Gasteiger partial charge < -0.3 is 15.6 Å². The number of halogens is 1. The maximum Gasteiger partial charge on any atom is 0.223 e. The van der Waals surface area contributed by atoms with Crippen molar-refractivity contribution in [3.05, 3.63) is 73.1 Å². The van der Waals surface area contributed by atoms with E-state index in [-0.39, 0.29) is 5.82 Å². The van der Waals surface area contributed by atoms with Crippen molar-refractivity contribution in [3.63, 3.8) is 0 Å². The van der Waals surface area contributed by atoms with E-state index in [0.717, 1.165) is 5.82 Å². The van der Waals surface area contributed by atoms with Gasteiger partial charge in [-0.15, -0.1) is 0 Å². The van der Waals surface area contributed by atoms with Crippen LogP contribution in [0.2, 0.25) is 0 Å². The first-order valence-electron chi connectivity index (χ1n) is 8.82. The summed E-state index contributed by atoms with van der Waals surface area (Å²) in [6, 6.07) is 12.2. The van der Waals surface area contributed by atoms with E-state index in [0.29, 0.717) is 41.7 Å². The maximum absolute atomic E-state index is 14.4. The van der Waals surface area contributed by atoms with Gasteiger partial charge >= 0.3 is 0 Å². The molecule has 7 nitrogen and oxygen atoms in total. The minimum absolute atomic E-state index is 0.350. The van der Waals surface area contributed by atoms with Crippen LogP contribution in [0.15, 0.2) is 67.3 Å². The van der Waals surface area contributed by atoms with Crippen molar-refractivity contribution in [3.8, 4) is 22.6 Å². The van der Waals surface area contributed by atoms with E-state index >= 15 is 0 Å². The first kappa shape index (κ1) is 17.6. The highest BCUT2D eigenvalue weighted by atomic mass is 19.1. The molecule has 0 saturated heterocycles. The summed E-state index contributed by atoms with van der Waals surface area (Å²) in [7, 11) is 0. The third kappa shape index (κ3) is 3.96. The Hall–Kier alpha value is -3.81. The summed E-state index contributed by atoms with van der Waals surface area (Å²) in [5.74, 6) is 1.44. The summed E-state index contributed by atoms with van der Waals surface area (Å²) >= 11 is 0. The highest BCUT2D eigenvalue weighted by molar-refractivity contribution is 5.77. The molecule has 0 amide bonds. The molecule has 0 saturated carbocycles. The number of H-pyrrole nitrogens is 1. The molecular formula is C20H18FN7. The molecule has 28 heavy (non-hydrogen) atoms. The average molecular weight is 375 g/mol. The molecule has 0 bridgehead atoms. The molecule has 3 aromatic heterocycles. The van der Waals surface area contributed by atoms with E-state index in [2.05, 4.69) is 35.6 Å². The second-order valence-electron chi connectivity index (χ2n) is 5.94. The molecule has 140 valence electrons. The van der Waals surface area contributed by atoms with Crippen molar-refractivity contribution in [1.29, 1.82) is 0 Å². The molecule has 0 radical (unpaired) electrons. The van der Waals surface area contributed by atoms with Crippen LogP contribution in [0.4, 0.5) is 16.2 Å². The summed E-state index contributed by atoms with van der Waals surface area (Å²) < 4.78 is 14.4. The largest absolute Gasteiger partial charge is 0.368 e. The van der Waals surface area contributed by atoms with Crippen LogP contribution in [0.1, 0.15) is 0 Å². The summed E-state index contributed by atoms with van der Waals surface area (Å²) in [6.07, 6.45) is 6.71. The lowest BCUT2D eigenvalue weighted by Gasteiger charge is -2.11. The highest BCUT2D eigenvalue weighted by Gasteiger charge is 2.16. The number of imidazole rings is 1. The maximum atomic E-state index is 14.4. The van der Waals surface area contributed by atoms with Gasteiger partial charge in [0, 0.05) is 43.4 Å². The van der Waals surface area contributed by atoms with Crippen molar-refractivity contribution in [2.45, 2.75) is 0 Å². The van der Waals surface area contributed by atoms with E-state index in [9.17, 15) is 4.39 Å². The van der Waals surface area contributed by atoms with E-state index in [1.54, 1.807) is 43.0 Å². The van der Waals surface area contributed by atoms with Crippen molar-refractivity contribution < 1.29 is 4.39 Å². The Bertz CT molecular complexity index is 1040. The first-order valence-corrected chi connectivity index (χ1v) is 8.82. The Balaban J connectivity index is 1.54. The van der Waals surface area contributed by atoms with Crippen LogP contribution in [0.25, 0.3) is 22.6 Å². The molecule has 8 heteroatoms. The van der Waals surface area contributed by atoms with Crippen LogP contribution in [0, 0.1) is 5.82 Å². The SMILES string of the molecule is Fc1ccccc1-c1nc(NCCNc2ccccn2)ncc1-c1ncc[nH]1. The van der Waals surface area contributed by atoms with Gasteiger partial charge in [-0.25, -0.2) is 24.3 Å². The zero-order valence-electron chi connectivity index (χ0n) is 14.9. The van der Waals surface area contributed by atoms with Gasteiger partial charge in [-0.3, -0.25) is 0 Å². The Labute approximate surface area is 161 Å². The van der Waals surface area contributed by atoms with Crippen LogP contribution in [-0.4, -0.2) is 38.0 Å². The molecule has 0 aliphatic rings. The molecule has 0 atom stereocenters. The third-order valence-electron chi connectivity index (χ3n) is 4.05. The number of nitrogens with one attached hydrogen (secondary N) is 3. The standard InChI is InChI=1S/C20H18FN7/c21-16-6-2-1-5-14(16)18-15(19-24-10-11-25-19)13-27-20(28-18)26-12-9-23-17-7-3-4-8-22-17/h1-8,10-11,13H,9,12H2,(H,22,23)(H,24,25)(H,26,27,28). The lowest BCUT2D eigenvalue weighted by molar-refractivity contribution is 0.630. The molecule has 0 spiro atoms. The van der Waals surface area contributed by atoms with Crippen LogP contribution >= 0.6 is 0 Å². The van der Waals surface area contributed by atoms with Crippen molar-refractivity contribution in [1.82, 2.24) is 24.9 Å². The number of pyridine rings is 1. The normalized spacial score (nSPS) is 10.6. The molecule has 1 aromatic carbocycles. The van der Waals surface area contributed by atoms with Crippen molar-refractivity contribution in [2.75, 3.05) is 23.7 Å². The average Bonchev–Trinajstić information content (AvgIpc) is 3.27. The van der Waals surface area contributed by atoms with Gasteiger partial charge in [-0.05, 0) is 24.3 Å². The fourth-order valence-electron chi connectivity index (χ4n) is 2.74. The summed E-state index contributed by atoms with van der Waals surface area (Å²) in [6.45, 7) is 1.21. The second kappa shape index (κ2) is 8.26. The molecule has 0 aliphatic carbocycles.